The van der Waals surface area contributed by atoms with Crippen LogP contribution in [0.25, 0.3) is 10.9 Å². The van der Waals surface area contributed by atoms with E-state index in [1.165, 1.54) is 11.8 Å². The SMILES string of the molecule is Cc1ccc(C#N)c(SCC(=O)Nc2ccc3cc[nH]c3c2)n1. The van der Waals surface area contributed by atoms with Gasteiger partial charge in [-0.1, -0.05) is 17.8 Å². The molecule has 0 saturated carbocycles. The van der Waals surface area contributed by atoms with Crippen molar-refractivity contribution < 1.29 is 4.79 Å². The molecule has 0 fully saturated rings. The number of anilines is 1. The third-order valence-corrected chi connectivity index (χ3v) is 4.29. The number of pyridine rings is 1. The molecule has 5 nitrogen and oxygen atoms in total. The fourth-order valence-corrected chi connectivity index (χ4v) is 3.00. The first-order valence-electron chi connectivity index (χ1n) is 7.03. The maximum atomic E-state index is 12.1. The van der Waals surface area contributed by atoms with E-state index in [9.17, 15) is 4.79 Å². The number of H-pyrrole nitrogens is 1. The molecule has 23 heavy (non-hydrogen) atoms. The third-order valence-electron chi connectivity index (χ3n) is 3.30. The highest BCUT2D eigenvalue weighted by atomic mass is 32.2. The maximum absolute atomic E-state index is 12.1. The average Bonchev–Trinajstić information content (AvgIpc) is 3.00. The minimum absolute atomic E-state index is 0.131. The van der Waals surface area contributed by atoms with Crippen LogP contribution in [-0.2, 0) is 4.79 Å². The Bertz CT molecular complexity index is 910. The summed E-state index contributed by atoms with van der Waals surface area (Å²) in [5.74, 6) is 0.0709. The highest BCUT2D eigenvalue weighted by Gasteiger charge is 2.09. The molecule has 0 atom stereocenters. The number of hydrogen-bond donors (Lipinski definition) is 2. The summed E-state index contributed by atoms with van der Waals surface area (Å²) in [5, 5.41) is 13.6. The maximum Gasteiger partial charge on any atom is 0.234 e. The fourth-order valence-electron chi connectivity index (χ4n) is 2.18. The number of nitrogens with zero attached hydrogens (tertiary/aromatic N) is 2. The number of carbonyl (C=O) groups is 1. The molecular weight excluding hydrogens is 308 g/mol. The largest absolute Gasteiger partial charge is 0.361 e. The van der Waals surface area contributed by atoms with Gasteiger partial charge in [0.2, 0.25) is 5.91 Å². The van der Waals surface area contributed by atoms with Crippen molar-refractivity contribution in [2.45, 2.75) is 11.9 Å². The summed E-state index contributed by atoms with van der Waals surface area (Å²) in [6, 6.07) is 13.3. The number of aromatic nitrogens is 2. The number of nitriles is 1. The van der Waals surface area contributed by atoms with Gasteiger partial charge in [0, 0.05) is 23.1 Å². The van der Waals surface area contributed by atoms with Gasteiger partial charge in [-0.05, 0) is 42.6 Å². The van der Waals surface area contributed by atoms with E-state index < -0.39 is 0 Å². The first-order chi connectivity index (χ1) is 11.2. The lowest BCUT2D eigenvalue weighted by Crippen LogP contribution is -2.14. The molecule has 114 valence electrons. The molecule has 0 unspecified atom stereocenters. The highest BCUT2D eigenvalue weighted by Crippen LogP contribution is 2.21. The first kappa shape index (κ1) is 15.1. The minimum Gasteiger partial charge on any atom is -0.361 e. The molecule has 0 aliphatic carbocycles. The van der Waals surface area contributed by atoms with Crippen LogP contribution in [0.3, 0.4) is 0 Å². The van der Waals surface area contributed by atoms with E-state index in [4.69, 9.17) is 5.26 Å². The van der Waals surface area contributed by atoms with Gasteiger partial charge >= 0.3 is 0 Å². The molecule has 0 bridgehead atoms. The molecular formula is C17H14N4OS. The third kappa shape index (κ3) is 3.52. The number of benzene rings is 1. The standard InChI is InChI=1S/C17H14N4OS/c1-11-2-3-13(9-18)17(20-11)23-10-16(22)21-14-5-4-12-6-7-19-15(12)8-14/h2-8,19H,10H2,1H3,(H,21,22). The second-order valence-electron chi connectivity index (χ2n) is 5.03. The molecule has 2 heterocycles. The summed E-state index contributed by atoms with van der Waals surface area (Å²) >= 11 is 1.26. The van der Waals surface area contributed by atoms with Crippen molar-refractivity contribution in [3.8, 4) is 6.07 Å². The molecule has 0 aliphatic heterocycles. The van der Waals surface area contributed by atoms with Gasteiger partial charge < -0.3 is 10.3 Å². The van der Waals surface area contributed by atoms with Gasteiger partial charge in [-0.25, -0.2) is 4.98 Å². The van der Waals surface area contributed by atoms with Crippen LogP contribution >= 0.6 is 11.8 Å². The Morgan fingerprint density at radius 1 is 1.35 bits per heavy atom. The molecule has 0 aliphatic rings. The predicted molar refractivity (Wildman–Crippen MR) is 91.3 cm³/mol. The minimum atomic E-state index is -0.131. The van der Waals surface area contributed by atoms with E-state index in [0.29, 0.717) is 10.6 Å². The number of thioether (sulfide) groups is 1. The lowest BCUT2D eigenvalue weighted by molar-refractivity contribution is -0.113. The zero-order valence-corrected chi connectivity index (χ0v) is 13.3. The van der Waals surface area contributed by atoms with Crippen LogP contribution in [0.4, 0.5) is 5.69 Å². The van der Waals surface area contributed by atoms with Crippen molar-refractivity contribution >= 4 is 34.3 Å². The van der Waals surface area contributed by atoms with Crippen molar-refractivity contribution in [2.24, 2.45) is 0 Å². The summed E-state index contributed by atoms with van der Waals surface area (Å²) in [5.41, 5.74) is 3.02. The Balaban J connectivity index is 1.65. The molecule has 0 saturated heterocycles. The smallest absolute Gasteiger partial charge is 0.234 e. The van der Waals surface area contributed by atoms with E-state index in [-0.39, 0.29) is 11.7 Å². The Kier molecular flexibility index (Phi) is 4.31. The van der Waals surface area contributed by atoms with Crippen molar-refractivity contribution in [3.63, 3.8) is 0 Å². The van der Waals surface area contributed by atoms with Crippen LogP contribution in [0.2, 0.25) is 0 Å². The number of rotatable bonds is 4. The molecule has 2 aromatic heterocycles. The number of fused-ring (bicyclic) bond motifs is 1. The van der Waals surface area contributed by atoms with Crippen LogP contribution in [0.1, 0.15) is 11.3 Å². The second kappa shape index (κ2) is 6.55. The zero-order chi connectivity index (χ0) is 16.2. The lowest BCUT2D eigenvalue weighted by atomic mass is 10.2. The average molecular weight is 322 g/mol. The van der Waals surface area contributed by atoms with Gasteiger partial charge in [0.1, 0.15) is 11.1 Å². The van der Waals surface area contributed by atoms with Gasteiger partial charge in [-0.3, -0.25) is 4.79 Å². The highest BCUT2D eigenvalue weighted by molar-refractivity contribution is 8.00. The Labute approximate surface area is 137 Å². The molecule has 2 N–H and O–H groups in total. The molecule has 3 rings (SSSR count). The molecule has 1 amide bonds. The van der Waals surface area contributed by atoms with E-state index >= 15 is 0 Å². The summed E-state index contributed by atoms with van der Waals surface area (Å²) in [4.78, 5) is 19.5. The van der Waals surface area contributed by atoms with Crippen molar-refractivity contribution in [2.75, 3.05) is 11.1 Å². The van der Waals surface area contributed by atoms with Crippen LogP contribution in [0.15, 0.2) is 47.6 Å². The van der Waals surface area contributed by atoms with Crippen LogP contribution in [0.5, 0.6) is 0 Å². The van der Waals surface area contributed by atoms with Crippen LogP contribution in [-0.4, -0.2) is 21.6 Å². The molecule has 0 spiro atoms. The summed E-state index contributed by atoms with van der Waals surface area (Å²) in [6.07, 6.45) is 1.86. The summed E-state index contributed by atoms with van der Waals surface area (Å²) < 4.78 is 0. The van der Waals surface area contributed by atoms with Gasteiger partial charge in [-0.2, -0.15) is 5.26 Å². The predicted octanol–water partition coefficient (Wildman–Crippen LogP) is 3.47. The zero-order valence-electron chi connectivity index (χ0n) is 12.5. The first-order valence-corrected chi connectivity index (χ1v) is 8.02. The number of hydrogen-bond acceptors (Lipinski definition) is 4. The number of carbonyl (C=O) groups excluding carboxylic acids is 1. The quantitative estimate of drug-likeness (QED) is 0.721. The number of aryl methyl sites for hydroxylation is 1. The van der Waals surface area contributed by atoms with Crippen molar-refractivity contribution in [1.82, 2.24) is 9.97 Å². The molecule has 1 aromatic carbocycles. The Hall–Kier alpha value is -2.78. The molecule has 3 aromatic rings. The van der Waals surface area contributed by atoms with Gasteiger partial charge in [0.05, 0.1) is 11.3 Å². The monoisotopic (exact) mass is 322 g/mol. The van der Waals surface area contributed by atoms with Gasteiger partial charge in [0.25, 0.3) is 0 Å². The molecule has 0 radical (unpaired) electrons. The number of aromatic amines is 1. The second-order valence-corrected chi connectivity index (χ2v) is 6.00. The van der Waals surface area contributed by atoms with E-state index in [0.717, 1.165) is 22.3 Å². The van der Waals surface area contributed by atoms with E-state index in [2.05, 4.69) is 21.4 Å². The van der Waals surface area contributed by atoms with Gasteiger partial charge in [0.15, 0.2) is 0 Å². The fraction of sp³-hybridized carbons (Fsp3) is 0.118. The number of nitrogens with one attached hydrogen (secondary N) is 2. The molecule has 6 heteroatoms. The normalized spacial score (nSPS) is 10.4. The Morgan fingerprint density at radius 2 is 2.22 bits per heavy atom. The lowest BCUT2D eigenvalue weighted by Gasteiger charge is -2.06. The van der Waals surface area contributed by atoms with Crippen LogP contribution in [0, 0.1) is 18.3 Å². The van der Waals surface area contributed by atoms with Crippen molar-refractivity contribution in [1.29, 1.82) is 5.26 Å². The summed E-state index contributed by atoms with van der Waals surface area (Å²) in [7, 11) is 0. The number of amides is 1. The summed E-state index contributed by atoms with van der Waals surface area (Å²) in [6.45, 7) is 1.86. The van der Waals surface area contributed by atoms with Crippen LogP contribution < -0.4 is 5.32 Å². The van der Waals surface area contributed by atoms with E-state index in [1.54, 1.807) is 12.1 Å². The Morgan fingerprint density at radius 3 is 3.04 bits per heavy atom. The van der Waals surface area contributed by atoms with Crippen molar-refractivity contribution in [3.05, 3.63) is 53.9 Å². The van der Waals surface area contributed by atoms with E-state index in [1.807, 2.05) is 37.4 Å². The van der Waals surface area contributed by atoms with Gasteiger partial charge in [-0.15, -0.1) is 0 Å². The topological polar surface area (TPSA) is 81.6 Å².